The smallest absolute Gasteiger partial charge is 0.207 e. The maximum atomic E-state index is 14.8. The molecule has 0 bridgehead atoms. The van der Waals surface area contributed by atoms with Crippen LogP contribution in [-0.4, -0.2) is 0 Å². The number of hydrogen-bond acceptors (Lipinski definition) is 0. The molecule has 3 aliphatic rings. The minimum Gasteiger partial charge on any atom is -0.207 e. The van der Waals surface area contributed by atoms with Crippen molar-refractivity contribution in [2.24, 2.45) is 23.7 Å². The molecule has 0 nitrogen and oxygen atoms in total. The molecule has 0 N–H and O–H groups in total. The Morgan fingerprint density at radius 3 is 2.59 bits per heavy atom. The van der Waals surface area contributed by atoms with Crippen LogP contribution in [-0.2, 0) is 12.8 Å². The second kappa shape index (κ2) is 8.01. The molecule has 0 aromatic heterocycles. The third-order valence-electron chi connectivity index (χ3n) is 7.69. The van der Waals surface area contributed by atoms with Crippen molar-refractivity contribution < 1.29 is 13.2 Å². The number of aryl methyl sites for hydroxylation is 1. The highest BCUT2D eigenvalue weighted by atomic mass is 19.3. The SMILES string of the molecule is CCC1CCc2cc(C3CCC4CC(C=C(F)F)CCC4C3)cc(F)c2C1. The second-order valence-corrected chi connectivity index (χ2v) is 9.22. The van der Waals surface area contributed by atoms with Crippen LogP contribution in [0.15, 0.2) is 24.3 Å². The van der Waals surface area contributed by atoms with E-state index in [4.69, 9.17) is 0 Å². The predicted molar refractivity (Wildman–Crippen MR) is 103 cm³/mol. The van der Waals surface area contributed by atoms with Gasteiger partial charge in [0.15, 0.2) is 0 Å². The number of benzene rings is 1. The Labute approximate surface area is 161 Å². The first-order valence-corrected chi connectivity index (χ1v) is 10.9. The topological polar surface area (TPSA) is 0 Å². The first kappa shape index (κ1) is 19.1. The van der Waals surface area contributed by atoms with Crippen LogP contribution >= 0.6 is 0 Å². The van der Waals surface area contributed by atoms with Crippen molar-refractivity contribution in [3.05, 3.63) is 46.8 Å². The summed E-state index contributed by atoms with van der Waals surface area (Å²) in [4.78, 5) is 0. The third-order valence-corrected chi connectivity index (χ3v) is 7.69. The van der Waals surface area contributed by atoms with E-state index in [1.807, 2.05) is 6.07 Å². The Bertz CT molecular complexity index is 704. The Balaban J connectivity index is 1.46. The monoisotopic (exact) mass is 376 g/mol. The highest BCUT2D eigenvalue weighted by molar-refractivity contribution is 5.37. The first-order chi connectivity index (χ1) is 13.0. The number of halogens is 3. The van der Waals surface area contributed by atoms with Gasteiger partial charge in [-0.3, -0.25) is 0 Å². The molecule has 4 rings (SSSR count). The van der Waals surface area contributed by atoms with Crippen LogP contribution in [0.25, 0.3) is 0 Å². The van der Waals surface area contributed by atoms with E-state index in [0.29, 0.717) is 23.7 Å². The lowest BCUT2D eigenvalue weighted by Gasteiger charge is -2.42. The molecule has 1 aromatic rings. The van der Waals surface area contributed by atoms with Gasteiger partial charge in [0.05, 0.1) is 0 Å². The average molecular weight is 377 g/mol. The summed E-state index contributed by atoms with van der Waals surface area (Å²) in [7, 11) is 0. The molecule has 5 unspecified atom stereocenters. The van der Waals surface area contributed by atoms with E-state index in [9.17, 15) is 13.2 Å². The van der Waals surface area contributed by atoms with Crippen LogP contribution in [0.3, 0.4) is 0 Å². The van der Waals surface area contributed by atoms with E-state index in [1.165, 1.54) is 23.6 Å². The van der Waals surface area contributed by atoms with Crippen molar-refractivity contribution in [1.29, 1.82) is 0 Å². The zero-order valence-corrected chi connectivity index (χ0v) is 16.3. The minimum absolute atomic E-state index is 0.00930. The zero-order valence-electron chi connectivity index (χ0n) is 16.3. The summed E-state index contributed by atoms with van der Waals surface area (Å²) in [5, 5.41) is 0. The predicted octanol–water partition coefficient (Wildman–Crippen LogP) is 7.42. The van der Waals surface area contributed by atoms with Crippen molar-refractivity contribution in [3.63, 3.8) is 0 Å². The maximum Gasteiger partial charge on any atom is 0.266 e. The van der Waals surface area contributed by atoms with E-state index in [-0.39, 0.29) is 11.7 Å². The van der Waals surface area contributed by atoms with E-state index >= 15 is 0 Å². The molecule has 3 aliphatic carbocycles. The van der Waals surface area contributed by atoms with E-state index in [2.05, 4.69) is 13.0 Å². The second-order valence-electron chi connectivity index (χ2n) is 9.22. The van der Waals surface area contributed by atoms with E-state index < -0.39 is 6.08 Å². The van der Waals surface area contributed by atoms with Crippen LogP contribution in [0.1, 0.15) is 80.9 Å². The number of allylic oxidation sites excluding steroid dienone is 1. The number of rotatable bonds is 3. The van der Waals surface area contributed by atoms with Gasteiger partial charge in [0.2, 0.25) is 0 Å². The molecule has 2 saturated carbocycles. The van der Waals surface area contributed by atoms with Gasteiger partial charge in [-0.25, -0.2) is 4.39 Å². The van der Waals surface area contributed by atoms with Crippen LogP contribution in [0.5, 0.6) is 0 Å². The van der Waals surface area contributed by atoms with Crippen molar-refractivity contribution in [3.8, 4) is 0 Å². The molecule has 0 spiro atoms. The molecule has 3 heteroatoms. The van der Waals surface area contributed by atoms with Crippen molar-refractivity contribution in [1.82, 2.24) is 0 Å². The van der Waals surface area contributed by atoms with Crippen LogP contribution in [0.2, 0.25) is 0 Å². The molecule has 0 amide bonds. The van der Waals surface area contributed by atoms with Crippen molar-refractivity contribution in [2.45, 2.75) is 77.0 Å². The Morgan fingerprint density at radius 1 is 1.04 bits per heavy atom. The fourth-order valence-electron chi connectivity index (χ4n) is 6.06. The summed E-state index contributed by atoms with van der Waals surface area (Å²) in [5.41, 5.74) is 3.40. The summed E-state index contributed by atoms with van der Waals surface area (Å²) in [6.45, 7) is 2.20. The highest BCUT2D eigenvalue weighted by Crippen LogP contribution is 2.48. The van der Waals surface area contributed by atoms with Crippen molar-refractivity contribution in [2.75, 3.05) is 0 Å². The summed E-state index contributed by atoms with van der Waals surface area (Å²) in [6.07, 6.45) is 9.98. The minimum atomic E-state index is -1.53. The van der Waals surface area contributed by atoms with Gasteiger partial charge in [-0.2, -0.15) is 8.78 Å². The standard InChI is InChI=1S/C24H31F3/c1-2-15-3-6-20-13-21(14-23(25)22(20)10-15)19-8-7-17-9-16(11-24(26)27)4-5-18(17)12-19/h11,13-19H,2-10,12H2,1H3. The Kier molecular flexibility index (Phi) is 5.66. The zero-order chi connectivity index (χ0) is 19.0. The molecule has 0 aliphatic heterocycles. The molecule has 0 heterocycles. The molecule has 1 aromatic carbocycles. The van der Waals surface area contributed by atoms with Gasteiger partial charge in [-0.1, -0.05) is 19.4 Å². The van der Waals surface area contributed by atoms with Crippen LogP contribution in [0, 0.1) is 29.5 Å². The molecular formula is C24H31F3. The fraction of sp³-hybridized carbons (Fsp3) is 0.667. The average Bonchev–Trinajstić information content (AvgIpc) is 2.66. The van der Waals surface area contributed by atoms with Gasteiger partial charge in [-0.05, 0) is 116 Å². The van der Waals surface area contributed by atoms with Gasteiger partial charge in [0.1, 0.15) is 5.82 Å². The molecule has 27 heavy (non-hydrogen) atoms. The van der Waals surface area contributed by atoms with Crippen molar-refractivity contribution >= 4 is 0 Å². The lowest BCUT2D eigenvalue weighted by atomic mass is 9.63. The first-order valence-electron chi connectivity index (χ1n) is 10.9. The van der Waals surface area contributed by atoms with E-state index in [0.717, 1.165) is 63.4 Å². The lowest BCUT2D eigenvalue weighted by Crippen LogP contribution is -2.30. The molecule has 148 valence electrons. The van der Waals surface area contributed by atoms with Gasteiger partial charge >= 0.3 is 0 Å². The summed E-state index contributed by atoms with van der Waals surface area (Å²) < 4.78 is 40.0. The Hall–Kier alpha value is -1.25. The third kappa shape index (κ3) is 4.12. The fourth-order valence-corrected chi connectivity index (χ4v) is 6.06. The van der Waals surface area contributed by atoms with Gasteiger partial charge in [-0.15, -0.1) is 0 Å². The normalized spacial score (nSPS) is 33.1. The van der Waals surface area contributed by atoms with E-state index in [1.54, 1.807) is 0 Å². The summed E-state index contributed by atoms with van der Waals surface area (Å²) in [5.74, 6) is 2.34. The van der Waals surface area contributed by atoms with Crippen LogP contribution < -0.4 is 0 Å². The lowest BCUT2D eigenvalue weighted by molar-refractivity contribution is 0.132. The largest absolute Gasteiger partial charge is 0.266 e. The molecule has 2 fully saturated rings. The van der Waals surface area contributed by atoms with Gasteiger partial charge < -0.3 is 0 Å². The molecule has 0 radical (unpaired) electrons. The molecular weight excluding hydrogens is 345 g/mol. The molecule has 0 saturated heterocycles. The summed E-state index contributed by atoms with van der Waals surface area (Å²) in [6, 6.07) is 4.11. The van der Waals surface area contributed by atoms with Gasteiger partial charge in [0.25, 0.3) is 6.08 Å². The van der Waals surface area contributed by atoms with Gasteiger partial charge in [0, 0.05) is 0 Å². The Morgan fingerprint density at radius 2 is 1.81 bits per heavy atom. The summed E-state index contributed by atoms with van der Waals surface area (Å²) >= 11 is 0. The molecule has 5 atom stereocenters. The number of hydrogen-bond donors (Lipinski definition) is 0. The van der Waals surface area contributed by atoms with Crippen LogP contribution in [0.4, 0.5) is 13.2 Å². The quantitative estimate of drug-likeness (QED) is 0.515. The maximum absolute atomic E-state index is 14.8. The highest BCUT2D eigenvalue weighted by Gasteiger charge is 2.36. The number of fused-ring (bicyclic) bond motifs is 2.